The van der Waals surface area contributed by atoms with E-state index in [-0.39, 0.29) is 0 Å². The molecule has 128 valence electrons. The lowest BCUT2D eigenvalue weighted by atomic mass is 10.0. The van der Waals surface area contributed by atoms with Gasteiger partial charge in [-0.3, -0.25) is 0 Å². The van der Waals surface area contributed by atoms with Crippen molar-refractivity contribution in [2.45, 2.75) is 59.4 Å². The summed E-state index contributed by atoms with van der Waals surface area (Å²) in [5, 5.41) is 1.09. The average Bonchev–Trinajstić information content (AvgIpc) is 3.06. The number of hydrogen-bond donors (Lipinski definition) is 1. The van der Waals surface area contributed by atoms with E-state index >= 15 is 0 Å². The minimum atomic E-state index is 0.307. The van der Waals surface area contributed by atoms with Crippen LogP contribution in [0.4, 0.5) is 0 Å². The maximum atomic E-state index is 5.54. The number of hydrogen-bond acceptors (Lipinski definition) is 3. The molecule has 0 fully saturated rings. The fourth-order valence-corrected chi connectivity index (χ4v) is 4.79. The Bertz CT molecular complexity index is 900. The van der Waals surface area contributed by atoms with Gasteiger partial charge in [0.15, 0.2) is 4.77 Å². The summed E-state index contributed by atoms with van der Waals surface area (Å²) in [5.41, 5.74) is 4.65. The molecule has 0 aliphatic rings. The number of thiazole rings is 1. The molecule has 1 aromatic carbocycles. The smallest absolute Gasteiger partial charge is 0.178 e. The van der Waals surface area contributed by atoms with Crippen molar-refractivity contribution in [3.05, 3.63) is 33.5 Å². The van der Waals surface area contributed by atoms with Gasteiger partial charge in [-0.25, -0.2) is 4.98 Å². The molecule has 3 rings (SSSR count). The second kappa shape index (κ2) is 6.45. The Morgan fingerprint density at radius 3 is 2.33 bits per heavy atom. The second-order valence-electron chi connectivity index (χ2n) is 7.17. The number of para-hydroxylation sites is 1. The predicted octanol–water partition coefficient (Wildman–Crippen LogP) is 6.65. The van der Waals surface area contributed by atoms with Gasteiger partial charge in [-0.2, -0.15) is 0 Å². The van der Waals surface area contributed by atoms with E-state index in [1.54, 1.807) is 0 Å². The molecule has 0 spiro atoms. The second-order valence-corrected chi connectivity index (χ2v) is 8.59. The van der Waals surface area contributed by atoms with Crippen molar-refractivity contribution >= 4 is 34.6 Å². The molecule has 0 amide bonds. The molecule has 0 radical (unpaired) electrons. The van der Waals surface area contributed by atoms with E-state index < -0.39 is 0 Å². The fourth-order valence-electron chi connectivity index (χ4n) is 3.13. The first-order valence-corrected chi connectivity index (χ1v) is 9.78. The lowest BCUT2D eigenvalue weighted by Crippen LogP contribution is -2.01. The number of nitrogens with one attached hydrogen (secondary N) is 1. The molecule has 0 saturated heterocycles. The van der Waals surface area contributed by atoms with Gasteiger partial charge < -0.3 is 9.55 Å². The number of aromatic nitrogens is 3. The Balaban J connectivity index is 2.31. The highest BCUT2D eigenvalue weighted by molar-refractivity contribution is 7.71. The molecule has 3 nitrogen and oxygen atoms in total. The molecule has 0 bridgehead atoms. The zero-order chi connectivity index (χ0) is 17.6. The third kappa shape index (κ3) is 2.84. The van der Waals surface area contributed by atoms with Crippen LogP contribution in [0.1, 0.15) is 70.0 Å². The van der Waals surface area contributed by atoms with Crippen molar-refractivity contribution in [3.8, 4) is 10.6 Å². The first kappa shape index (κ1) is 17.4. The largest absolute Gasteiger partial charge is 0.331 e. The molecule has 2 aromatic heterocycles. The van der Waals surface area contributed by atoms with Crippen LogP contribution in [0.25, 0.3) is 21.6 Å². The van der Waals surface area contributed by atoms with Crippen LogP contribution in [-0.4, -0.2) is 14.5 Å². The van der Waals surface area contributed by atoms with E-state index in [4.69, 9.17) is 17.2 Å². The molecule has 0 aliphatic carbocycles. The van der Waals surface area contributed by atoms with Gasteiger partial charge in [-0.15, -0.1) is 11.3 Å². The number of imidazole rings is 1. The van der Waals surface area contributed by atoms with Gasteiger partial charge in [0.25, 0.3) is 0 Å². The molecule has 0 unspecified atom stereocenters. The Labute approximate surface area is 152 Å². The van der Waals surface area contributed by atoms with Crippen LogP contribution < -0.4 is 0 Å². The molecule has 0 aliphatic heterocycles. The van der Waals surface area contributed by atoms with E-state index in [2.05, 4.69) is 69.3 Å². The summed E-state index contributed by atoms with van der Waals surface area (Å²) in [5.74, 6) is 0.926. The van der Waals surface area contributed by atoms with Gasteiger partial charge in [0.05, 0.1) is 16.7 Å². The summed E-state index contributed by atoms with van der Waals surface area (Å²) >= 11 is 7.36. The Morgan fingerprint density at radius 2 is 1.79 bits per heavy atom. The monoisotopic (exact) mass is 359 g/mol. The Kier molecular flexibility index (Phi) is 4.67. The van der Waals surface area contributed by atoms with Crippen LogP contribution in [0, 0.1) is 4.77 Å². The van der Waals surface area contributed by atoms with Gasteiger partial charge in [-0.05, 0) is 50.0 Å². The quantitative estimate of drug-likeness (QED) is 0.529. The lowest BCUT2D eigenvalue weighted by molar-refractivity contribution is 0.610. The van der Waals surface area contributed by atoms with E-state index in [1.165, 1.54) is 16.1 Å². The van der Waals surface area contributed by atoms with Crippen LogP contribution in [0.5, 0.6) is 0 Å². The highest BCUT2D eigenvalue weighted by atomic mass is 32.1. The van der Waals surface area contributed by atoms with E-state index in [0.717, 1.165) is 20.8 Å². The molecule has 3 aromatic rings. The third-order valence-corrected chi connectivity index (χ3v) is 5.94. The fraction of sp³-hybridized carbons (Fsp3) is 0.474. The molecular weight excluding hydrogens is 334 g/mol. The Morgan fingerprint density at radius 1 is 1.08 bits per heavy atom. The zero-order valence-electron chi connectivity index (χ0n) is 15.2. The maximum Gasteiger partial charge on any atom is 0.178 e. The van der Waals surface area contributed by atoms with E-state index in [1.807, 2.05) is 11.3 Å². The number of nitrogens with zero attached hydrogens (tertiary/aromatic N) is 2. The van der Waals surface area contributed by atoms with Crippen LogP contribution in [0.15, 0.2) is 18.2 Å². The van der Waals surface area contributed by atoms with E-state index in [0.29, 0.717) is 17.9 Å². The third-order valence-electron chi connectivity index (χ3n) is 4.24. The first-order valence-electron chi connectivity index (χ1n) is 8.55. The highest BCUT2D eigenvalue weighted by Gasteiger charge is 2.20. The van der Waals surface area contributed by atoms with Crippen molar-refractivity contribution in [1.82, 2.24) is 14.5 Å². The minimum Gasteiger partial charge on any atom is -0.331 e. The van der Waals surface area contributed by atoms with Crippen molar-refractivity contribution in [1.29, 1.82) is 0 Å². The lowest BCUT2D eigenvalue weighted by Gasteiger charge is -2.10. The molecule has 0 saturated carbocycles. The molecule has 5 heteroatoms. The first-order chi connectivity index (χ1) is 11.3. The Hall–Kier alpha value is -1.46. The summed E-state index contributed by atoms with van der Waals surface area (Å²) in [7, 11) is 0. The number of benzene rings is 1. The summed E-state index contributed by atoms with van der Waals surface area (Å²) in [6, 6.07) is 6.64. The normalized spacial score (nSPS) is 12.2. The van der Waals surface area contributed by atoms with Crippen molar-refractivity contribution in [3.63, 3.8) is 0 Å². The van der Waals surface area contributed by atoms with E-state index in [9.17, 15) is 0 Å². The van der Waals surface area contributed by atoms with Crippen molar-refractivity contribution in [2.75, 3.05) is 0 Å². The van der Waals surface area contributed by atoms with Crippen molar-refractivity contribution < 1.29 is 0 Å². The highest BCUT2D eigenvalue weighted by Crippen LogP contribution is 2.39. The predicted molar refractivity (Wildman–Crippen MR) is 107 cm³/mol. The molecule has 1 N–H and O–H groups in total. The van der Waals surface area contributed by atoms with Gasteiger partial charge in [-0.1, -0.05) is 33.8 Å². The van der Waals surface area contributed by atoms with Crippen LogP contribution in [-0.2, 0) is 0 Å². The SMILES string of the molecule is CC(C)c1nc(-c2cccc3[nH]c(=S)n(C(C)C)c23)sc1C(C)C. The number of fused-ring (bicyclic) bond motifs is 1. The average molecular weight is 360 g/mol. The van der Waals surface area contributed by atoms with Crippen LogP contribution in [0.2, 0.25) is 0 Å². The van der Waals surface area contributed by atoms with Gasteiger partial charge >= 0.3 is 0 Å². The summed E-state index contributed by atoms with van der Waals surface area (Å²) in [6.45, 7) is 13.3. The standard InChI is InChI=1S/C19H25N3S2/c1-10(2)15-17(11(3)4)24-18(21-15)13-8-7-9-14-16(13)22(12(5)6)19(23)20-14/h7-12H,1-6H3,(H,20,23). The molecular formula is C19H25N3S2. The van der Waals surface area contributed by atoms with Crippen LogP contribution in [0.3, 0.4) is 0 Å². The van der Waals surface area contributed by atoms with Gasteiger partial charge in [0, 0.05) is 16.5 Å². The van der Waals surface area contributed by atoms with Gasteiger partial charge in [0.2, 0.25) is 0 Å². The number of aromatic amines is 1. The minimum absolute atomic E-state index is 0.307. The summed E-state index contributed by atoms with van der Waals surface area (Å²) in [4.78, 5) is 9.75. The molecule has 0 atom stereocenters. The number of rotatable bonds is 4. The topological polar surface area (TPSA) is 33.6 Å². The summed E-state index contributed by atoms with van der Waals surface area (Å²) < 4.78 is 2.98. The van der Waals surface area contributed by atoms with Crippen molar-refractivity contribution in [2.24, 2.45) is 0 Å². The molecule has 2 heterocycles. The van der Waals surface area contributed by atoms with Crippen LogP contribution >= 0.6 is 23.6 Å². The maximum absolute atomic E-state index is 5.54. The zero-order valence-corrected chi connectivity index (χ0v) is 16.8. The van der Waals surface area contributed by atoms with Gasteiger partial charge in [0.1, 0.15) is 5.01 Å². The molecule has 24 heavy (non-hydrogen) atoms. The summed E-state index contributed by atoms with van der Waals surface area (Å²) in [6.07, 6.45) is 0. The number of H-pyrrole nitrogens is 1.